The number of likely N-dealkylation sites (N-methyl/N-ethyl adjacent to an activating group) is 2. The highest BCUT2D eigenvalue weighted by molar-refractivity contribution is 7.89. The number of aromatic hydroxyl groups is 1. The maximum Gasteiger partial charge on any atom is 0.213 e. The van der Waals surface area contributed by atoms with Crippen LogP contribution in [-0.2, 0) is 21.9 Å². The van der Waals surface area contributed by atoms with Crippen molar-refractivity contribution in [3.8, 4) is 5.75 Å². The summed E-state index contributed by atoms with van der Waals surface area (Å²) in [6, 6.07) is 6.77. The van der Waals surface area contributed by atoms with Gasteiger partial charge in [-0.3, -0.25) is 0 Å². The van der Waals surface area contributed by atoms with Gasteiger partial charge in [0.2, 0.25) is 10.0 Å². The molecule has 7 heteroatoms. The van der Waals surface area contributed by atoms with E-state index in [0.29, 0.717) is 36.8 Å². The van der Waals surface area contributed by atoms with E-state index in [0.717, 1.165) is 38.8 Å². The molecule has 3 atom stereocenters. The van der Waals surface area contributed by atoms with Gasteiger partial charge in [0.1, 0.15) is 5.75 Å². The number of sulfonamides is 1. The highest BCUT2D eigenvalue weighted by Gasteiger charge is 2.51. The van der Waals surface area contributed by atoms with E-state index in [9.17, 15) is 13.5 Å². The molecule has 2 bridgehead atoms. The highest BCUT2D eigenvalue weighted by Crippen LogP contribution is 2.47. The van der Waals surface area contributed by atoms with Crippen molar-refractivity contribution in [2.45, 2.75) is 57.0 Å². The molecule has 1 aromatic carbocycles. The van der Waals surface area contributed by atoms with Crippen molar-refractivity contribution in [2.75, 3.05) is 46.0 Å². The van der Waals surface area contributed by atoms with Crippen LogP contribution in [-0.4, -0.2) is 85.7 Å². The summed E-state index contributed by atoms with van der Waals surface area (Å²) in [4.78, 5) is 5.05. The minimum atomic E-state index is -3.07. The van der Waals surface area contributed by atoms with E-state index >= 15 is 0 Å². The van der Waals surface area contributed by atoms with Gasteiger partial charge in [-0.2, -0.15) is 0 Å². The molecule has 2 fully saturated rings. The summed E-state index contributed by atoms with van der Waals surface area (Å²) in [7, 11) is 1.42. The van der Waals surface area contributed by atoms with E-state index in [1.54, 1.807) is 11.2 Å². The van der Waals surface area contributed by atoms with Gasteiger partial charge in [0.25, 0.3) is 0 Å². The smallest absolute Gasteiger partial charge is 0.213 e. The molecule has 6 nitrogen and oxygen atoms in total. The fraction of sp³-hybridized carbons (Fsp3) is 0.739. The molecule has 4 rings (SSSR count). The van der Waals surface area contributed by atoms with Gasteiger partial charge in [0.15, 0.2) is 0 Å². The molecule has 1 N–H and O–H groups in total. The van der Waals surface area contributed by atoms with Crippen LogP contribution in [0.3, 0.4) is 0 Å². The van der Waals surface area contributed by atoms with Gasteiger partial charge >= 0.3 is 0 Å². The lowest BCUT2D eigenvalue weighted by Gasteiger charge is -2.58. The van der Waals surface area contributed by atoms with Crippen LogP contribution in [0.15, 0.2) is 18.2 Å². The average molecular weight is 436 g/mol. The van der Waals surface area contributed by atoms with Crippen LogP contribution in [0, 0.1) is 5.92 Å². The highest BCUT2D eigenvalue weighted by atomic mass is 32.2. The molecule has 3 aliphatic rings. The normalized spacial score (nSPS) is 31.1. The van der Waals surface area contributed by atoms with Gasteiger partial charge < -0.3 is 14.9 Å². The molecule has 168 valence electrons. The van der Waals surface area contributed by atoms with Crippen LogP contribution >= 0.6 is 0 Å². The first-order valence-electron chi connectivity index (χ1n) is 11.4. The van der Waals surface area contributed by atoms with Crippen molar-refractivity contribution in [1.82, 2.24) is 14.1 Å². The monoisotopic (exact) mass is 435 g/mol. The Kier molecular flexibility index (Phi) is 5.94. The molecule has 0 aromatic heterocycles. The number of phenolic OH excluding ortho intramolecular Hbond substituents is 1. The Morgan fingerprint density at radius 2 is 1.93 bits per heavy atom. The number of benzene rings is 1. The molecule has 0 amide bonds. The summed E-state index contributed by atoms with van der Waals surface area (Å²) in [6.45, 7) is 7.48. The summed E-state index contributed by atoms with van der Waals surface area (Å²) in [6.07, 6.45) is 3.97. The number of likely N-dealkylation sites (tertiary alicyclic amines) is 1. The summed E-state index contributed by atoms with van der Waals surface area (Å²) in [5.74, 6) is 1.08. The van der Waals surface area contributed by atoms with Crippen molar-refractivity contribution in [1.29, 1.82) is 0 Å². The zero-order chi connectivity index (χ0) is 21.7. The third kappa shape index (κ3) is 3.78. The van der Waals surface area contributed by atoms with Crippen LogP contribution < -0.4 is 0 Å². The Bertz CT molecular complexity index is 882. The quantitative estimate of drug-likeness (QED) is 0.769. The predicted molar refractivity (Wildman–Crippen MR) is 120 cm³/mol. The second-order valence-corrected chi connectivity index (χ2v) is 12.1. The molecule has 1 aliphatic carbocycles. The summed E-state index contributed by atoms with van der Waals surface area (Å²) in [5.41, 5.74) is 2.70. The van der Waals surface area contributed by atoms with E-state index in [1.807, 2.05) is 12.1 Å². The predicted octanol–water partition coefficient (Wildman–Crippen LogP) is 2.27. The molecule has 0 unspecified atom stereocenters. The second kappa shape index (κ2) is 8.08. The Morgan fingerprint density at radius 3 is 2.60 bits per heavy atom. The van der Waals surface area contributed by atoms with Crippen LogP contribution in [0.25, 0.3) is 0 Å². The minimum Gasteiger partial charge on any atom is -0.508 e. The number of hydrogen-bond acceptors (Lipinski definition) is 5. The van der Waals surface area contributed by atoms with E-state index in [1.165, 1.54) is 11.1 Å². The van der Waals surface area contributed by atoms with Gasteiger partial charge in [0, 0.05) is 37.1 Å². The van der Waals surface area contributed by atoms with Crippen molar-refractivity contribution in [3.05, 3.63) is 29.3 Å². The Hall–Kier alpha value is -1.15. The summed E-state index contributed by atoms with van der Waals surface area (Å²) >= 11 is 0. The Morgan fingerprint density at radius 1 is 1.23 bits per heavy atom. The van der Waals surface area contributed by atoms with Crippen molar-refractivity contribution in [3.63, 3.8) is 0 Å². The van der Waals surface area contributed by atoms with E-state index in [2.05, 4.69) is 36.9 Å². The number of phenols is 1. The zero-order valence-electron chi connectivity index (χ0n) is 18.8. The molecule has 0 saturated carbocycles. The third-order valence-electron chi connectivity index (χ3n) is 8.06. The molecule has 2 aliphatic heterocycles. The zero-order valence-corrected chi connectivity index (χ0v) is 19.7. The number of hydrogen-bond donors (Lipinski definition) is 1. The molecule has 1 aromatic rings. The van der Waals surface area contributed by atoms with E-state index in [4.69, 9.17) is 0 Å². The lowest BCUT2D eigenvalue weighted by molar-refractivity contribution is -0.00614. The summed E-state index contributed by atoms with van der Waals surface area (Å²) in [5, 5.41) is 10.2. The first kappa shape index (κ1) is 22.1. The largest absolute Gasteiger partial charge is 0.508 e. The van der Waals surface area contributed by atoms with Crippen LogP contribution in [0.1, 0.15) is 44.2 Å². The van der Waals surface area contributed by atoms with Gasteiger partial charge in [-0.05, 0) is 82.4 Å². The molecule has 30 heavy (non-hydrogen) atoms. The fourth-order valence-electron chi connectivity index (χ4n) is 6.30. The molecular formula is C23H37N3O3S. The topological polar surface area (TPSA) is 64.1 Å². The van der Waals surface area contributed by atoms with Gasteiger partial charge in [-0.15, -0.1) is 0 Å². The van der Waals surface area contributed by atoms with E-state index in [-0.39, 0.29) is 11.2 Å². The lowest BCUT2D eigenvalue weighted by Crippen LogP contribution is -2.66. The molecule has 0 radical (unpaired) electrons. The maximum atomic E-state index is 12.2. The third-order valence-corrected chi connectivity index (χ3v) is 9.94. The van der Waals surface area contributed by atoms with Crippen LogP contribution in [0.2, 0.25) is 0 Å². The standard InChI is InChI=1S/C23H37N3O3S/c1-5-30(28,29)26-11-8-17(9-12-26)16-25(4)22-21-14-18-6-7-19(27)15-20(18)23(22,2)10-13-24(21)3/h6-7,15,17,21-22,27H,5,8-14,16H2,1-4H3/t21-,22+,23-/m1/s1. The van der Waals surface area contributed by atoms with Gasteiger partial charge in [-0.1, -0.05) is 13.0 Å². The Balaban J connectivity index is 1.52. The minimum absolute atomic E-state index is 0.0184. The molecular weight excluding hydrogens is 398 g/mol. The molecule has 2 heterocycles. The Labute approximate surface area is 181 Å². The number of nitrogens with zero attached hydrogens (tertiary/aromatic N) is 3. The van der Waals surface area contributed by atoms with Gasteiger partial charge in [-0.25, -0.2) is 12.7 Å². The first-order chi connectivity index (χ1) is 14.2. The SMILES string of the molecule is CCS(=O)(=O)N1CCC(CN(C)[C@H]2[C@H]3Cc4ccc(O)cc4[C@@]2(C)CCN3C)CC1. The lowest BCUT2D eigenvalue weighted by atomic mass is 9.61. The fourth-order valence-corrected chi connectivity index (χ4v) is 7.43. The average Bonchev–Trinajstić information content (AvgIpc) is 2.72. The molecule has 2 saturated heterocycles. The van der Waals surface area contributed by atoms with Crippen molar-refractivity contribution < 1.29 is 13.5 Å². The van der Waals surface area contributed by atoms with Crippen molar-refractivity contribution >= 4 is 10.0 Å². The van der Waals surface area contributed by atoms with Crippen LogP contribution in [0.5, 0.6) is 5.75 Å². The van der Waals surface area contributed by atoms with Crippen LogP contribution in [0.4, 0.5) is 0 Å². The number of fused-ring (bicyclic) bond motifs is 4. The number of piperidine rings is 2. The number of rotatable bonds is 5. The summed E-state index contributed by atoms with van der Waals surface area (Å²) < 4.78 is 26.0. The second-order valence-electron chi connectivity index (χ2n) is 9.89. The first-order valence-corrected chi connectivity index (χ1v) is 13.0. The van der Waals surface area contributed by atoms with E-state index < -0.39 is 10.0 Å². The molecule has 0 spiro atoms. The maximum absolute atomic E-state index is 12.2. The van der Waals surface area contributed by atoms with Gasteiger partial charge in [0.05, 0.1) is 5.75 Å². The van der Waals surface area contributed by atoms with Crippen molar-refractivity contribution in [2.24, 2.45) is 5.92 Å².